The van der Waals surface area contributed by atoms with Crippen LogP contribution in [0.2, 0.25) is 0 Å². The van der Waals surface area contributed by atoms with Crippen LogP contribution in [0.15, 0.2) is 67.0 Å². The van der Waals surface area contributed by atoms with Gasteiger partial charge >= 0.3 is 0 Å². The van der Waals surface area contributed by atoms with Crippen molar-refractivity contribution in [1.29, 1.82) is 0 Å². The molecule has 4 rings (SSSR count). The molecule has 0 aromatic heterocycles. The largest absolute Gasteiger partial charge is 0.374 e. The van der Waals surface area contributed by atoms with Gasteiger partial charge in [0.05, 0.1) is 25.8 Å². The fourth-order valence-corrected chi connectivity index (χ4v) is 5.90. The van der Waals surface area contributed by atoms with Crippen LogP contribution in [-0.2, 0) is 36.9 Å². The van der Waals surface area contributed by atoms with Gasteiger partial charge in [-0.1, -0.05) is 82.3 Å². The molecule has 0 saturated heterocycles. The molecule has 45 heavy (non-hydrogen) atoms. The molecule has 5 atom stereocenters. The van der Waals surface area contributed by atoms with Crippen molar-refractivity contribution in [2.45, 2.75) is 84.2 Å². The van der Waals surface area contributed by atoms with Crippen molar-refractivity contribution < 1.29 is 23.9 Å². The number of amides is 4. The van der Waals surface area contributed by atoms with Gasteiger partial charge in [0.2, 0.25) is 17.7 Å². The molecule has 0 bridgehead atoms. The number of carbonyl (C=O) groups excluding carboxylic acids is 4. The molecule has 1 heterocycles. The van der Waals surface area contributed by atoms with Crippen LogP contribution in [-0.4, -0.2) is 77.8 Å². The maximum absolute atomic E-state index is 14.1. The Bertz CT molecular complexity index is 1390. The lowest BCUT2D eigenvalue weighted by Crippen LogP contribution is -2.59. The summed E-state index contributed by atoms with van der Waals surface area (Å²) in [4.78, 5) is 56.5. The normalized spacial score (nSPS) is 21.1. The van der Waals surface area contributed by atoms with Crippen LogP contribution in [0.3, 0.4) is 0 Å². The van der Waals surface area contributed by atoms with E-state index in [-0.39, 0.29) is 36.9 Å². The fraction of sp³-hybridized carbons (Fsp3) is 0.486. The maximum atomic E-state index is 14.1. The van der Waals surface area contributed by atoms with Crippen LogP contribution in [0.25, 0.3) is 0 Å². The number of benzene rings is 2. The second-order valence-electron chi connectivity index (χ2n) is 13.1. The predicted molar refractivity (Wildman–Crippen MR) is 173 cm³/mol. The summed E-state index contributed by atoms with van der Waals surface area (Å²) in [5.41, 5.74) is 2.88. The molecule has 1 aliphatic heterocycles. The number of fused-ring (bicyclic) bond motifs is 1. The molecule has 4 amide bonds. The van der Waals surface area contributed by atoms with E-state index in [0.29, 0.717) is 6.61 Å². The monoisotopic (exact) mass is 617 g/mol. The molecule has 0 radical (unpaired) electrons. The number of hydrogen-bond donors (Lipinski definition) is 3. The average molecular weight is 618 g/mol. The van der Waals surface area contributed by atoms with Crippen molar-refractivity contribution in [1.82, 2.24) is 25.8 Å². The number of nitrogens with one attached hydrogen (secondary N) is 3. The molecular formula is C35H47N5O5. The number of ether oxygens (including phenoxy) is 1. The Balaban J connectivity index is 1.49. The summed E-state index contributed by atoms with van der Waals surface area (Å²) >= 11 is 0. The predicted octanol–water partition coefficient (Wildman–Crippen LogP) is 3.09. The zero-order valence-electron chi connectivity index (χ0n) is 27.2. The lowest BCUT2D eigenvalue weighted by Gasteiger charge is -2.42. The van der Waals surface area contributed by atoms with E-state index in [9.17, 15) is 19.2 Å². The topological polar surface area (TPSA) is 120 Å². The molecule has 2 aliphatic rings. The third-order valence-electron chi connectivity index (χ3n) is 8.65. The Labute approximate surface area is 266 Å². The van der Waals surface area contributed by atoms with Crippen molar-refractivity contribution in [3.05, 3.63) is 83.7 Å². The summed E-state index contributed by atoms with van der Waals surface area (Å²) < 4.78 is 5.99. The van der Waals surface area contributed by atoms with Crippen molar-refractivity contribution >= 4 is 23.6 Å². The van der Waals surface area contributed by atoms with Gasteiger partial charge in [-0.25, -0.2) is 0 Å². The van der Waals surface area contributed by atoms with Crippen LogP contribution < -0.4 is 16.0 Å². The Morgan fingerprint density at radius 1 is 1.00 bits per heavy atom. The Hall–Kier alpha value is -4.02. The van der Waals surface area contributed by atoms with Crippen molar-refractivity contribution in [2.24, 2.45) is 5.41 Å². The minimum absolute atomic E-state index is 0.00427. The van der Waals surface area contributed by atoms with Crippen LogP contribution in [0.5, 0.6) is 0 Å². The van der Waals surface area contributed by atoms with Crippen LogP contribution in [0.1, 0.15) is 63.6 Å². The number of hydrogen-bond acceptors (Lipinski definition) is 6. The minimum atomic E-state index is -0.898. The molecule has 2 unspecified atom stereocenters. The first-order valence-electron chi connectivity index (χ1n) is 15.7. The molecule has 3 N–H and O–H groups in total. The van der Waals surface area contributed by atoms with Gasteiger partial charge in [-0.2, -0.15) is 0 Å². The van der Waals surface area contributed by atoms with E-state index >= 15 is 0 Å². The van der Waals surface area contributed by atoms with Gasteiger partial charge in [-0.15, -0.1) is 0 Å². The molecule has 0 saturated carbocycles. The highest BCUT2D eigenvalue weighted by atomic mass is 16.5. The lowest BCUT2D eigenvalue weighted by molar-refractivity contribution is -0.147. The van der Waals surface area contributed by atoms with E-state index in [2.05, 4.69) is 35.0 Å². The van der Waals surface area contributed by atoms with Gasteiger partial charge in [0, 0.05) is 18.4 Å². The van der Waals surface area contributed by atoms with E-state index in [0.717, 1.165) is 18.4 Å². The molecule has 2 aromatic rings. The van der Waals surface area contributed by atoms with Crippen LogP contribution >= 0.6 is 0 Å². The van der Waals surface area contributed by atoms with E-state index in [1.54, 1.807) is 31.3 Å². The highest BCUT2D eigenvalue weighted by molar-refractivity contribution is 5.94. The molecule has 10 nitrogen and oxygen atoms in total. The third kappa shape index (κ3) is 8.38. The summed E-state index contributed by atoms with van der Waals surface area (Å²) in [5.74, 6) is -1.18. The second-order valence-corrected chi connectivity index (χ2v) is 13.1. The maximum Gasteiger partial charge on any atom is 0.252 e. The number of nitrogens with zero attached hydrogens (tertiary/aromatic N) is 2. The highest BCUT2D eigenvalue weighted by Gasteiger charge is 2.40. The average Bonchev–Trinajstić information content (AvgIpc) is 3.02. The summed E-state index contributed by atoms with van der Waals surface area (Å²) in [5, 5.41) is 8.35. The SMILES string of the molecule is CN[C@@H](C)C(=O)N[C@H](C(=O)NCC(=O)N1C=CN(C2Cc3ccccc3C(C)C2)C(=O)[C@@H]1COCc1ccccc1)C(C)(C)C. The summed E-state index contributed by atoms with van der Waals surface area (Å²) in [6, 6.07) is 15.7. The molecule has 2 aromatic carbocycles. The standard InChI is InChI=1S/C35H47N5O5/c1-23-18-27(19-26-14-10-11-15-28(23)26)39-16-17-40(29(34(39)44)22-45-21-25-12-8-7-9-13-25)30(41)20-37-33(43)31(35(3,4)5)38-32(42)24(2)36-6/h7-17,23-24,27,29,31,36H,18-22H2,1-6H3,(H,37,43)(H,38,42)/t23?,24-,27?,29-,31+/m0/s1. The van der Waals surface area contributed by atoms with Crippen molar-refractivity contribution in [3.8, 4) is 0 Å². The first-order chi connectivity index (χ1) is 21.4. The first kappa shape index (κ1) is 33.9. The Kier molecular flexibility index (Phi) is 11.2. The Morgan fingerprint density at radius 2 is 1.69 bits per heavy atom. The van der Waals surface area contributed by atoms with Gasteiger partial charge in [0.1, 0.15) is 12.1 Å². The first-order valence-corrected chi connectivity index (χ1v) is 15.7. The van der Waals surface area contributed by atoms with E-state index in [1.807, 2.05) is 63.2 Å². The van der Waals surface area contributed by atoms with E-state index in [4.69, 9.17) is 4.74 Å². The smallest absolute Gasteiger partial charge is 0.252 e. The molecule has 1 aliphatic carbocycles. The zero-order chi connectivity index (χ0) is 32.7. The van der Waals surface area contributed by atoms with Gasteiger partial charge in [-0.05, 0) is 54.8 Å². The number of rotatable bonds is 11. The minimum Gasteiger partial charge on any atom is -0.374 e. The Morgan fingerprint density at radius 3 is 2.38 bits per heavy atom. The van der Waals surface area contributed by atoms with Gasteiger partial charge < -0.3 is 30.5 Å². The van der Waals surface area contributed by atoms with Crippen LogP contribution in [0, 0.1) is 5.41 Å². The fourth-order valence-electron chi connectivity index (χ4n) is 5.90. The molecule has 242 valence electrons. The second kappa shape index (κ2) is 14.8. The highest BCUT2D eigenvalue weighted by Crippen LogP contribution is 2.34. The van der Waals surface area contributed by atoms with Gasteiger partial charge in [0.25, 0.3) is 5.91 Å². The number of carbonyl (C=O) groups is 4. The van der Waals surface area contributed by atoms with Crippen molar-refractivity contribution in [2.75, 3.05) is 20.2 Å². The zero-order valence-corrected chi connectivity index (χ0v) is 27.2. The van der Waals surface area contributed by atoms with Gasteiger partial charge in [-0.3, -0.25) is 19.2 Å². The van der Waals surface area contributed by atoms with Gasteiger partial charge in [0.15, 0.2) is 0 Å². The lowest BCUT2D eigenvalue weighted by atomic mass is 9.80. The van der Waals surface area contributed by atoms with E-state index in [1.165, 1.54) is 16.0 Å². The third-order valence-corrected chi connectivity index (χ3v) is 8.65. The summed E-state index contributed by atoms with van der Waals surface area (Å²) in [7, 11) is 1.66. The van der Waals surface area contributed by atoms with Crippen LogP contribution in [0.4, 0.5) is 0 Å². The molecule has 0 fully saturated rings. The molecule has 0 spiro atoms. The summed E-state index contributed by atoms with van der Waals surface area (Å²) in [6.45, 7) is 9.34. The summed E-state index contributed by atoms with van der Waals surface area (Å²) in [6.07, 6.45) is 4.83. The molecule has 10 heteroatoms. The van der Waals surface area contributed by atoms with E-state index < -0.39 is 35.4 Å². The quantitative estimate of drug-likeness (QED) is 0.357. The van der Waals surface area contributed by atoms with Crippen molar-refractivity contribution in [3.63, 3.8) is 0 Å². The number of likely N-dealkylation sites (N-methyl/N-ethyl adjacent to an activating group) is 1. The molecular weight excluding hydrogens is 570 g/mol.